The Kier molecular flexibility index (Phi) is 10.3. The van der Waals surface area contributed by atoms with Crippen molar-refractivity contribution < 1.29 is 12.3 Å². The largest absolute Gasteiger partial charge is 0.485 e. The van der Waals surface area contributed by atoms with Gasteiger partial charge in [0.25, 0.3) is 0 Å². The summed E-state index contributed by atoms with van der Waals surface area (Å²) in [6.07, 6.45) is 0.817. The molecule has 0 saturated carbocycles. The summed E-state index contributed by atoms with van der Waals surface area (Å²) in [6, 6.07) is 32.7. The molecular formula is C30H45IO3Si4. The lowest BCUT2D eigenvalue weighted by molar-refractivity contribution is 0.210. The molecule has 0 N–H and O–H groups in total. The van der Waals surface area contributed by atoms with Gasteiger partial charge in [0.1, 0.15) is 0 Å². The molecule has 1 atom stereocenters. The van der Waals surface area contributed by atoms with E-state index in [1.54, 1.807) is 0 Å². The summed E-state index contributed by atoms with van der Waals surface area (Å²) in [5.41, 5.74) is 3.73. The van der Waals surface area contributed by atoms with Crippen LogP contribution in [-0.4, -0.2) is 33.8 Å². The molecule has 3 nitrogen and oxygen atoms in total. The molecule has 0 spiro atoms. The van der Waals surface area contributed by atoms with E-state index in [4.69, 9.17) is 12.3 Å². The first kappa shape index (κ1) is 31.7. The molecule has 0 aliphatic carbocycles. The smallest absolute Gasteiger partial charge is 0.416 e. The summed E-state index contributed by atoms with van der Waals surface area (Å²) in [5.74, 6) is 0. The summed E-state index contributed by atoms with van der Waals surface area (Å²) in [7, 11) is -9.91. The third-order valence-electron chi connectivity index (χ3n) is 6.02. The molecule has 0 radical (unpaired) electrons. The van der Waals surface area contributed by atoms with Crippen LogP contribution in [0.1, 0.15) is 27.0 Å². The van der Waals surface area contributed by atoms with Crippen molar-refractivity contribution >= 4 is 56.3 Å². The predicted molar refractivity (Wildman–Crippen MR) is 181 cm³/mol. The lowest BCUT2D eigenvalue weighted by Crippen LogP contribution is -2.71. The Morgan fingerprint density at radius 3 is 1.18 bits per heavy atom. The zero-order valence-electron chi connectivity index (χ0n) is 24.5. The summed E-state index contributed by atoms with van der Waals surface area (Å²) in [4.78, 5) is 0. The van der Waals surface area contributed by atoms with Crippen molar-refractivity contribution in [1.29, 1.82) is 0 Å². The Hall–Kier alpha value is -0.862. The van der Waals surface area contributed by atoms with Crippen molar-refractivity contribution in [3.63, 3.8) is 0 Å². The molecule has 0 saturated heterocycles. The maximum atomic E-state index is 7.49. The highest BCUT2D eigenvalue weighted by atomic mass is 127. The SMILES string of the molecule is C[Si](C)(C)O[Si](O[Si](C)(C)C)(O[Si](C)(C)C)C(CC(I)c1ccccc1)(c1ccccc1)c1ccccc1. The molecule has 206 valence electrons. The van der Waals surface area contributed by atoms with Gasteiger partial charge in [-0.15, -0.1) is 0 Å². The second-order valence-corrected chi connectivity index (χ2v) is 31.5. The van der Waals surface area contributed by atoms with E-state index in [1.165, 1.54) is 16.7 Å². The highest BCUT2D eigenvalue weighted by molar-refractivity contribution is 14.1. The van der Waals surface area contributed by atoms with Crippen LogP contribution in [0.2, 0.25) is 58.9 Å². The standard InChI is InChI=1S/C30H45IO3Si4/c1-35(2,3)32-38(33-36(4,5)6,34-37(7,8)9)30(27-21-15-11-16-22-27,28-23-17-12-18-24-28)25-29(31)26-19-13-10-14-20-26/h10-24,29H,25H2,1-9H3. The van der Waals surface area contributed by atoms with Gasteiger partial charge in [-0.1, -0.05) is 114 Å². The number of alkyl halides is 1. The van der Waals surface area contributed by atoms with Gasteiger partial charge in [-0.05, 0) is 82.0 Å². The van der Waals surface area contributed by atoms with Gasteiger partial charge in [0, 0.05) is 3.92 Å². The molecule has 38 heavy (non-hydrogen) atoms. The third-order valence-corrected chi connectivity index (χ3v) is 19.6. The second-order valence-electron chi connectivity index (χ2n) is 12.9. The van der Waals surface area contributed by atoms with Crippen LogP contribution >= 0.6 is 22.6 Å². The molecule has 0 bridgehead atoms. The molecule has 3 aromatic carbocycles. The highest BCUT2D eigenvalue weighted by Gasteiger charge is 2.66. The molecule has 0 aliphatic rings. The molecule has 0 fully saturated rings. The summed E-state index contributed by atoms with van der Waals surface area (Å²) in [6.45, 7) is 20.5. The van der Waals surface area contributed by atoms with Crippen LogP contribution in [0.4, 0.5) is 0 Å². The van der Waals surface area contributed by atoms with E-state index in [2.05, 4.69) is 173 Å². The van der Waals surface area contributed by atoms with E-state index in [-0.39, 0.29) is 3.92 Å². The Labute approximate surface area is 249 Å². The summed E-state index contributed by atoms with van der Waals surface area (Å²) < 4.78 is 22.7. The van der Waals surface area contributed by atoms with E-state index >= 15 is 0 Å². The first-order valence-electron chi connectivity index (χ1n) is 13.5. The number of benzene rings is 3. The van der Waals surface area contributed by atoms with Crippen LogP contribution in [-0.2, 0) is 17.4 Å². The van der Waals surface area contributed by atoms with Crippen LogP contribution in [0, 0.1) is 0 Å². The number of halogens is 1. The fourth-order valence-electron chi connectivity index (χ4n) is 4.91. The number of rotatable bonds is 12. The molecule has 8 heteroatoms. The van der Waals surface area contributed by atoms with Gasteiger partial charge >= 0.3 is 8.80 Å². The number of hydrogen-bond acceptors (Lipinski definition) is 3. The maximum absolute atomic E-state index is 7.49. The van der Waals surface area contributed by atoms with E-state index in [1.807, 2.05) is 0 Å². The van der Waals surface area contributed by atoms with Crippen molar-refractivity contribution in [1.82, 2.24) is 0 Å². The molecule has 0 aliphatic heterocycles. The van der Waals surface area contributed by atoms with Crippen molar-refractivity contribution in [2.24, 2.45) is 0 Å². The first-order valence-corrected chi connectivity index (χ1v) is 26.7. The van der Waals surface area contributed by atoms with Crippen molar-refractivity contribution in [2.45, 2.75) is 74.3 Å². The minimum absolute atomic E-state index is 0.224. The Balaban J connectivity index is 2.49. The Morgan fingerprint density at radius 2 is 0.868 bits per heavy atom. The maximum Gasteiger partial charge on any atom is 0.485 e. The zero-order valence-corrected chi connectivity index (χ0v) is 30.7. The summed E-state index contributed by atoms with van der Waals surface area (Å²) >= 11 is 2.63. The van der Waals surface area contributed by atoms with Gasteiger partial charge in [-0.3, -0.25) is 0 Å². The molecule has 3 aromatic rings. The molecule has 0 heterocycles. The van der Waals surface area contributed by atoms with Gasteiger partial charge in [0.15, 0.2) is 25.0 Å². The summed E-state index contributed by atoms with van der Waals surface area (Å²) in [5, 5.41) is -0.585. The van der Waals surface area contributed by atoms with Crippen LogP contribution < -0.4 is 0 Å². The molecule has 3 rings (SSSR count). The highest BCUT2D eigenvalue weighted by Crippen LogP contribution is 2.52. The van der Waals surface area contributed by atoms with Crippen LogP contribution in [0.15, 0.2) is 91.0 Å². The van der Waals surface area contributed by atoms with Crippen LogP contribution in [0.5, 0.6) is 0 Å². The van der Waals surface area contributed by atoms with Gasteiger partial charge in [0.2, 0.25) is 0 Å². The van der Waals surface area contributed by atoms with Gasteiger partial charge in [0.05, 0.1) is 5.04 Å². The number of hydrogen-bond donors (Lipinski definition) is 0. The van der Waals surface area contributed by atoms with Crippen LogP contribution in [0.3, 0.4) is 0 Å². The second kappa shape index (κ2) is 12.3. The fourth-order valence-corrected chi connectivity index (χ4v) is 21.3. The molecular weight excluding hydrogens is 648 g/mol. The topological polar surface area (TPSA) is 27.7 Å². The minimum atomic E-state index is -3.48. The van der Waals surface area contributed by atoms with E-state index in [0.29, 0.717) is 0 Å². The lowest BCUT2D eigenvalue weighted by Gasteiger charge is -2.54. The quantitative estimate of drug-likeness (QED) is 0.108. The van der Waals surface area contributed by atoms with Crippen molar-refractivity contribution in [3.05, 3.63) is 108 Å². The minimum Gasteiger partial charge on any atom is -0.416 e. The lowest BCUT2D eigenvalue weighted by atomic mass is 9.85. The van der Waals surface area contributed by atoms with Crippen molar-refractivity contribution in [2.75, 3.05) is 0 Å². The monoisotopic (exact) mass is 692 g/mol. The normalized spacial score (nSPS) is 14.4. The fraction of sp³-hybridized carbons (Fsp3) is 0.400. The first-order chi connectivity index (χ1) is 17.6. The van der Waals surface area contributed by atoms with Gasteiger partial charge in [-0.2, -0.15) is 0 Å². The average molecular weight is 693 g/mol. The molecule has 0 amide bonds. The van der Waals surface area contributed by atoms with Crippen LogP contribution in [0.25, 0.3) is 0 Å². The molecule has 0 aromatic heterocycles. The third kappa shape index (κ3) is 8.09. The Morgan fingerprint density at radius 1 is 0.553 bits per heavy atom. The van der Waals surface area contributed by atoms with Crippen molar-refractivity contribution in [3.8, 4) is 0 Å². The van der Waals surface area contributed by atoms with E-state index in [9.17, 15) is 0 Å². The van der Waals surface area contributed by atoms with Gasteiger partial charge < -0.3 is 12.3 Å². The van der Waals surface area contributed by atoms with E-state index < -0.39 is 38.8 Å². The molecule has 1 unspecified atom stereocenters. The van der Waals surface area contributed by atoms with E-state index in [0.717, 1.165) is 6.42 Å². The predicted octanol–water partition coefficient (Wildman–Crippen LogP) is 9.57. The van der Waals surface area contributed by atoms with Gasteiger partial charge in [-0.25, -0.2) is 0 Å². The average Bonchev–Trinajstić information content (AvgIpc) is 2.80. The Bertz CT molecular complexity index is 1060. The zero-order chi connectivity index (χ0) is 28.2.